The number of likely N-dealkylation sites (tertiary alicyclic amines) is 1. The molecular formula is C17H25F3N4. The molecule has 134 valence electrons. The number of alkyl halides is 3. The lowest BCUT2D eigenvalue weighted by molar-refractivity contribution is -0.142. The molecule has 1 aliphatic heterocycles. The number of likely N-dealkylation sites (N-methyl/N-ethyl adjacent to an activating group) is 1. The van der Waals surface area contributed by atoms with E-state index >= 15 is 0 Å². The monoisotopic (exact) mass is 342 g/mol. The second-order valence-corrected chi connectivity index (χ2v) is 6.17. The van der Waals surface area contributed by atoms with Crippen LogP contribution in [-0.2, 0) is 0 Å². The molecule has 1 aliphatic rings. The molecule has 0 aromatic heterocycles. The van der Waals surface area contributed by atoms with Crippen molar-refractivity contribution >= 4 is 5.96 Å². The van der Waals surface area contributed by atoms with Gasteiger partial charge in [-0.25, -0.2) is 0 Å². The lowest BCUT2D eigenvalue weighted by atomic mass is 9.99. The summed E-state index contributed by atoms with van der Waals surface area (Å²) in [6, 6.07) is 10.4. The standard InChI is InChI=1S/C17H25F3N4/c1-21-16(22-9-11-23(2)13-17(18,19)20)24-10-8-15(12-24)14-6-4-3-5-7-14/h3-7,15H,8-13H2,1-2H3,(H,21,22). The number of halogens is 3. The third-order valence-corrected chi connectivity index (χ3v) is 4.20. The summed E-state index contributed by atoms with van der Waals surface area (Å²) in [6.07, 6.45) is -3.10. The predicted octanol–water partition coefficient (Wildman–Crippen LogP) is 2.55. The van der Waals surface area contributed by atoms with Crippen molar-refractivity contribution in [3.63, 3.8) is 0 Å². The van der Waals surface area contributed by atoms with Crippen molar-refractivity contribution in [2.75, 3.05) is 46.8 Å². The SMILES string of the molecule is CN=C(NCCN(C)CC(F)(F)F)N1CCC(c2ccccc2)C1. The maximum atomic E-state index is 12.3. The molecule has 0 aliphatic carbocycles. The highest BCUT2D eigenvalue weighted by atomic mass is 19.4. The van der Waals surface area contributed by atoms with E-state index in [9.17, 15) is 13.2 Å². The van der Waals surface area contributed by atoms with Crippen LogP contribution in [0.5, 0.6) is 0 Å². The van der Waals surface area contributed by atoms with Gasteiger partial charge < -0.3 is 10.2 Å². The Morgan fingerprint density at radius 1 is 1.33 bits per heavy atom. The number of aliphatic imine (C=N–C) groups is 1. The molecule has 1 heterocycles. The van der Waals surface area contributed by atoms with Gasteiger partial charge in [0.1, 0.15) is 0 Å². The number of guanidine groups is 1. The number of benzene rings is 1. The Bertz CT molecular complexity index is 530. The van der Waals surface area contributed by atoms with E-state index < -0.39 is 12.7 Å². The van der Waals surface area contributed by atoms with Crippen molar-refractivity contribution in [1.29, 1.82) is 0 Å². The van der Waals surface area contributed by atoms with E-state index in [-0.39, 0.29) is 0 Å². The molecule has 1 aromatic carbocycles. The van der Waals surface area contributed by atoms with Gasteiger partial charge in [-0.2, -0.15) is 13.2 Å². The van der Waals surface area contributed by atoms with Crippen LogP contribution < -0.4 is 5.32 Å². The molecule has 1 aromatic rings. The van der Waals surface area contributed by atoms with Crippen LogP contribution in [0.3, 0.4) is 0 Å². The summed E-state index contributed by atoms with van der Waals surface area (Å²) < 4.78 is 36.9. The molecular weight excluding hydrogens is 317 g/mol. The zero-order valence-electron chi connectivity index (χ0n) is 14.2. The highest BCUT2D eigenvalue weighted by Gasteiger charge is 2.29. The molecule has 0 spiro atoms. The van der Waals surface area contributed by atoms with E-state index in [0.29, 0.717) is 19.0 Å². The Morgan fingerprint density at radius 2 is 2.04 bits per heavy atom. The van der Waals surface area contributed by atoms with Crippen LogP contribution in [0.1, 0.15) is 17.9 Å². The fourth-order valence-corrected chi connectivity index (χ4v) is 3.03. The Labute approximate surface area is 141 Å². The number of hydrogen-bond donors (Lipinski definition) is 1. The zero-order chi connectivity index (χ0) is 17.6. The van der Waals surface area contributed by atoms with E-state index in [2.05, 4.69) is 27.3 Å². The van der Waals surface area contributed by atoms with Crippen molar-refractivity contribution < 1.29 is 13.2 Å². The lowest BCUT2D eigenvalue weighted by Crippen LogP contribution is -2.43. The van der Waals surface area contributed by atoms with Crippen LogP contribution >= 0.6 is 0 Å². The van der Waals surface area contributed by atoms with Gasteiger partial charge in [0.05, 0.1) is 6.54 Å². The van der Waals surface area contributed by atoms with Gasteiger partial charge in [0.2, 0.25) is 0 Å². The second-order valence-electron chi connectivity index (χ2n) is 6.17. The molecule has 2 rings (SSSR count). The molecule has 4 nitrogen and oxygen atoms in total. The van der Waals surface area contributed by atoms with Crippen molar-refractivity contribution in [2.24, 2.45) is 4.99 Å². The fraction of sp³-hybridized carbons (Fsp3) is 0.588. The Kier molecular flexibility index (Phi) is 6.48. The summed E-state index contributed by atoms with van der Waals surface area (Å²) in [5.41, 5.74) is 1.32. The Hall–Kier alpha value is -1.76. The molecule has 24 heavy (non-hydrogen) atoms. The first kappa shape index (κ1) is 18.6. The molecule has 1 saturated heterocycles. The van der Waals surface area contributed by atoms with E-state index in [4.69, 9.17) is 0 Å². The second kappa shape index (κ2) is 8.37. The predicted molar refractivity (Wildman–Crippen MR) is 90.3 cm³/mol. The van der Waals surface area contributed by atoms with Crippen molar-refractivity contribution in [3.05, 3.63) is 35.9 Å². The van der Waals surface area contributed by atoms with Gasteiger partial charge in [0.25, 0.3) is 0 Å². The van der Waals surface area contributed by atoms with Gasteiger partial charge in [-0.3, -0.25) is 9.89 Å². The highest BCUT2D eigenvalue weighted by Crippen LogP contribution is 2.26. The van der Waals surface area contributed by atoms with Crippen LogP contribution in [0.15, 0.2) is 35.3 Å². The highest BCUT2D eigenvalue weighted by molar-refractivity contribution is 5.80. The van der Waals surface area contributed by atoms with Crippen LogP contribution in [0.2, 0.25) is 0 Å². The first-order valence-corrected chi connectivity index (χ1v) is 8.15. The largest absolute Gasteiger partial charge is 0.401 e. The number of nitrogens with zero attached hydrogens (tertiary/aromatic N) is 3. The van der Waals surface area contributed by atoms with Gasteiger partial charge >= 0.3 is 6.18 Å². The Balaban J connectivity index is 1.79. The molecule has 0 amide bonds. The van der Waals surface area contributed by atoms with Gasteiger partial charge in [0.15, 0.2) is 5.96 Å². The molecule has 0 radical (unpaired) electrons. The quantitative estimate of drug-likeness (QED) is 0.659. The van der Waals surface area contributed by atoms with E-state index in [1.54, 1.807) is 7.05 Å². The van der Waals surface area contributed by atoms with Gasteiger partial charge in [-0.05, 0) is 19.0 Å². The molecule has 0 bridgehead atoms. The van der Waals surface area contributed by atoms with Gasteiger partial charge in [-0.15, -0.1) is 0 Å². The van der Waals surface area contributed by atoms with E-state index in [0.717, 1.165) is 25.5 Å². The molecule has 7 heteroatoms. The average Bonchev–Trinajstić information content (AvgIpc) is 3.00. The number of hydrogen-bond acceptors (Lipinski definition) is 2. The first-order chi connectivity index (χ1) is 11.4. The van der Waals surface area contributed by atoms with Crippen molar-refractivity contribution in [3.8, 4) is 0 Å². The number of rotatable bonds is 5. The van der Waals surface area contributed by atoms with Crippen LogP contribution in [0, 0.1) is 0 Å². The van der Waals surface area contributed by atoms with E-state index in [1.165, 1.54) is 17.5 Å². The normalized spacial score (nSPS) is 19.2. The molecule has 1 atom stereocenters. The topological polar surface area (TPSA) is 30.9 Å². The van der Waals surface area contributed by atoms with Crippen LogP contribution in [-0.4, -0.2) is 68.8 Å². The third kappa shape index (κ3) is 5.70. The average molecular weight is 342 g/mol. The van der Waals surface area contributed by atoms with Gasteiger partial charge in [0, 0.05) is 39.1 Å². The maximum Gasteiger partial charge on any atom is 0.401 e. The first-order valence-electron chi connectivity index (χ1n) is 8.15. The summed E-state index contributed by atoms with van der Waals surface area (Å²) >= 11 is 0. The minimum atomic E-state index is -4.16. The van der Waals surface area contributed by atoms with Crippen LogP contribution in [0.4, 0.5) is 13.2 Å². The minimum Gasteiger partial charge on any atom is -0.355 e. The summed E-state index contributed by atoms with van der Waals surface area (Å²) in [5, 5.41) is 3.17. The van der Waals surface area contributed by atoms with Crippen molar-refractivity contribution in [1.82, 2.24) is 15.1 Å². The fourth-order valence-electron chi connectivity index (χ4n) is 3.03. The molecule has 1 unspecified atom stereocenters. The minimum absolute atomic E-state index is 0.314. The van der Waals surface area contributed by atoms with Crippen molar-refractivity contribution in [2.45, 2.75) is 18.5 Å². The zero-order valence-corrected chi connectivity index (χ0v) is 14.2. The summed E-state index contributed by atoms with van der Waals surface area (Å²) in [7, 11) is 3.18. The van der Waals surface area contributed by atoms with E-state index in [1.807, 2.05) is 18.2 Å². The molecule has 0 saturated carbocycles. The molecule has 1 fully saturated rings. The summed E-state index contributed by atoms with van der Waals surface area (Å²) in [6.45, 7) is 1.63. The number of nitrogens with one attached hydrogen (secondary N) is 1. The summed E-state index contributed by atoms with van der Waals surface area (Å²) in [4.78, 5) is 7.69. The third-order valence-electron chi connectivity index (χ3n) is 4.20. The smallest absolute Gasteiger partial charge is 0.355 e. The van der Waals surface area contributed by atoms with Crippen LogP contribution in [0.25, 0.3) is 0 Å². The summed E-state index contributed by atoms with van der Waals surface area (Å²) in [5.74, 6) is 1.23. The Morgan fingerprint density at radius 3 is 2.67 bits per heavy atom. The molecule has 1 N–H and O–H groups in total. The van der Waals surface area contributed by atoms with Gasteiger partial charge in [-0.1, -0.05) is 30.3 Å². The lowest BCUT2D eigenvalue weighted by Gasteiger charge is -2.24. The maximum absolute atomic E-state index is 12.3.